The molecule has 1 heterocycles. The third-order valence-electron chi connectivity index (χ3n) is 5.09. The van der Waals surface area contributed by atoms with E-state index < -0.39 is 11.6 Å². The summed E-state index contributed by atoms with van der Waals surface area (Å²) in [5, 5.41) is 9.43. The molecule has 0 unspecified atom stereocenters. The molecule has 174 valence electrons. The van der Waals surface area contributed by atoms with Gasteiger partial charge in [-0.1, -0.05) is 48.5 Å². The van der Waals surface area contributed by atoms with E-state index in [-0.39, 0.29) is 5.57 Å². The molecule has 0 atom stereocenters. The topological polar surface area (TPSA) is 53.3 Å². The molecule has 4 nitrogen and oxygen atoms in total. The lowest BCUT2D eigenvalue weighted by atomic mass is 10.1. The summed E-state index contributed by atoms with van der Waals surface area (Å²) in [7, 11) is 0. The lowest BCUT2D eigenvalue weighted by Gasteiger charge is -2.25. The van der Waals surface area contributed by atoms with Gasteiger partial charge in [-0.15, -0.1) is 11.3 Å². The summed E-state index contributed by atoms with van der Waals surface area (Å²) in [6.45, 7) is 5.34. The standard InChI is InChI=1S/C30H26N2O2S/c1-30(2,3)34-29(33)23(21-31)20-27-18-19-28(35-27)22-14-16-26(17-15-22)32(24-10-6-4-7-11-24)25-12-8-5-9-13-25/h4-20H,1-3H3/b23-20+. The van der Waals surface area contributed by atoms with Gasteiger partial charge < -0.3 is 9.64 Å². The molecule has 0 saturated heterocycles. The molecule has 0 spiro atoms. The zero-order chi connectivity index (χ0) is 24.8. The minimum atomic E-state index is -0.650. The van der Waals surface area contributed by atoms with Crippen molar-refractivity contribution in [1.29, 1.82) is 5.26 Å². The van der Waals surface area contributed by atoms with Crippen LogP contribution in [0.4, 0.5) is 17.1 Å². The largest absolute Gasteiger partial charge is 0.456 e. The Kier molecular flexibility index (Phi) is 7.14. The van der Waals surface area contributed by atoms with Crippen LogP contribution in [0.25, 0.3) is 16.5 Å². The van der Waals surface area contributed by atoms with Gasteiger partial charge in [0.25, 0.3) is 0 Å². The van der Waals surface area contributed by atoms with E-state index in [0.717, 1.165) is 32.4 Å². The molecule has 1 aromatic heterocycles. The van der Waals surface area contributed by atoms with Crippen molar-refractivity contribution in [2.24, 2.45) is 0 Å². The van der Waals surface area contributed by atoms with Crippen LogP contribution in [0.1, 0.15) is 25.6 Å². The summed E-state index contributed by atoms with van der Waals surface area (Å²) >= 11 is 1.52. The summed E-state index contributed by atoms with van der Waals surface area (Å²) in [6.07, 6.45) is 1.59. The summed E-state index contributed by atoms with van der Waals surface area (Å²) in [6, 6.07) is 34.8. The maximum Gasteiger partial charge on any atom is 0.349 e. The van der Waals surface area contributed by atoms with Crippen molar-refractivity contribution in [3.63, 3.8) is 0 Å². The number of hydrogen-bond acceptors (Lipinski definition) is 5. The molecule has 0 aliphatic heterocycles. The number of ether oxygens (including phenoxy) is 1. The van der Waals surface area contributed by atoms with Gasteiger partial charge in [-0.2, -0.15) is 5.26 Å². The molecule has 0 radical (unpaired) electrons. The summed E-state index contributed by atoms with van der Waals surface area (Å²) in [5.74, 6) is -0.610. The summed E-state index contributed by atoms with van der Waals surface area (Å²) in [4.78, 5) is 16.4. The monoisotopic (exact) mass is 478 g/mol. The average Bonchev–Trinajstić information content (AvgIpc) is 3.32. The molecule has 0 saturated carbocycles. The molecular weight excluding hydrogens is 452 g/mol. The van der Waals surface area contributed by atoms with Crippen molar-refractivity contribution in [2.45, 2.75) is 26.4 Å². The van der Waals surface area contributed by atoms with Crippen LogP contribution in [-0.4, -0.2) is 11.6 Å². The molecular formula is C30H26N2O2S. The summed E-state index contributed by atoms with van der Waals surface area (Å²) in [5.41, 5.74) is 3.63. The first kappa shape index (κ1) is 24.0. The second-order valence-electron chi connectivity index (χ2n) is 8.93. The number of para-hydroxylation sites is 2. The normalized spacial score (nSPS) is 11.5. The zero-order valence-electron chi connectivity index (χ0n) is 19.9. The molecule has 0 aliphatic carbocycles. The minimum Gasteiger partial charge on any atom is -0.456 e. The van der Waals surface area contributed by atoms with Crippen molar-refractivity contribution >= 4 is 40.4 Å². The molecule has 35 heavy (non-hydrogen) atoms. The van der Waals surface area contributed by atoms with E-state index in [1.807, 2.05) is 54.6 Å². The highest BCUT2D eigenvalue weighted by Gasteiger charge is 2.20. The lowest BCUT2D eigenvalue weighted by molar-refractivity contribution is -0.149. The second-order valence-corrected chi connectivity index (χ2v) is 10.0. The predicted octanol–water partition coefficient (Wildman–Crippen LogP) is 8.13. The molecule has 4 aromatic rings. The van der Waals surface area contributed by atoms with Crippen LogP contribution in [-0.2, 0) is 9.53 Å². The zero-order valence-corrected chi connectivity index (χ0v) is 20.8. The Balaban J connectivity index is 1.60. The van der Waals surface area contributed by atoms with Crippen molar-refractivity contribution in [2.75, 3.05) is 4.90 Å². The Hall–Kier alpha value is -4.14. The molecule has 0 amide bonds. The fourth-order valence-electron chi connectivity index (χ4n) is 3.57. The van der Waals surface area contributed by atoms with Crippen molar-refractivity contribution < 1.29 is 9.53 Å². The highest BCUT2D eigenvalue weighted by molar-refractivity contribution is 7.16. The second kappa shape index (κ2) is 10.4. The van der Waals surface area contributed by atoms with Crippen LogP contribution in [0.3, 0.4) is 0 Å². The predicted molar refractivity (Wildman–Crippen MR) is 144 cm³/mol. The smallest absolute Gasteiger partial charge is 0.349 e. The van der Waals surface area contributed by atoms with Gasteiger partial charge in [-0.05, 0) is 80.9 Å². The first-order chi connectivity index (χ1) is 16.8. The van der Waals surface area contributed by atoms with Gasteiger partial charge in [0.2, 0.25) is 0 Å². The van der Waals surface area contributed by atoms with Crippen LogP contribution >= 0.6 is 11.3 Å². The quantitative estimate of drug-likeness (QED) is 0.159. The fourth-order valence-corrected chi connectivity index (χ4v) is 4.53. The highest BCUT2D eigenvalue weighted by Crippen LogP contribution is 2.36. The van der Waals surface area contributed by atoms with Crippen LogP contribution in [0, 0.1) is 11.3 Å². The Morgan fingerprint density at radius 2 is 1.37 bits per heavy atom. The van der Waals surface area contributed by atoms with Crippen molar-refractivity contribution in [3.8, 4) is 16.5 Å². The van der Waals surface area contributed by atoms with Crippen LogP contribution < -0.4 is 4.90 Å². The number of rotatable bonds is 6. The average molecular weight is 479 g/mol. The van der Waals surface area contributed by atoms with E-state index in [2.05, 4.69) is 53.4 Å². The maximum absolute atomic E-state index is 12.3. The van der Waals surface area contributed by atoms with Gasteiger partial charge >= 0.3 is 5.97 Å². The number of benzene rings is 3. The Labute approximate surface area is 210 Å². The first-order valence-corrected chi connectivity index (χ1v) is 12.1. The minimum absolute atomic E-state index is 0.00923. The number of nitriles is 1. The molecule has 0 N–H and O–H groups in total. The molecule has 3 aromatic carbocycles. The number of carbonyl (C=O) groups is 1. The number of esters is 1. The van der Waals surface area contributed by atoms with Crippen LogP contribution in [0.15, 0.2) is 103 Å². The number of thiophene rings is 1. The van der Waals surface area contributed by atoms with Crippen LogP contribution in [0.5, 0.6) is 0 Å². The first-order valence-electron chi connectivity index (χ1n) is 11.3. The van der Waals surface area contributed by atoms with E-state index in [4.69, 9.17) is 4.74 Å². The summed E-state index contributed by atoms with van der Waals surface area (Å²) < 4.78 is 5.33. The number of carbonyl (C=O) groups excluding carboxylic acids is 1. The Morgan fingerprint density at radius 1 is 0.829 bits per heavy atom. The number of hydrogen-bond donors (Lipinski definition) is 0. The Bertz CT molecular complexity index is 1320. The van der Waals surface area contributed by atoms with E-state index in [1.54, 1.807) is 26.8 Å². The van der Waals surface area contributed by atoms with Gasteiger partial charge in [-0.25, -0.2) is 4.79 Å². The molecule has 4 rings (SSSR count). The molecule has 5 heteroatoms. The SMILES string of the molecule is CC(C)(C)OC(=O)/C(C#N)=C/c1ccc(-c2ccc(N(c3ccccc3)c3ccccc3)cc2)s1. The number of anilines is 3. The number of nitrogens with zero attached hydrogens (tertiary/aromatic N) is 2. The van der Waals surface area contributed by atoms with Gasteiger partial charge in [0.05, 0.1) is 0 Å². The van der Waals surface area contributed by atoms with Gasteiger partial charge in [-0.3, -0.25) is 0 Å². The van der Waals surface area contributed by atoms with E-state index >= 15 is 0 Å². The third kappa shape index (κ3) is 6.06. The third-order valence-corrected chi connectivity index (χ3v) is 6.17. The Morgan fingerprint density at radius 3 is 1.89 bits per heavy atom. The molecule has 0 fully saturated rings. The molecule has 0 aliphatic rings. The van der Waals surface area contributed by atoms with Gasteiger partial charge in [0.1, 0.15) is 17.2 Å². The van der Waals surface area contributed by atoms with E-state index in [1.165, 1.54) is 11.3 Å². The van der Waals surface area contributed by atoms with Crippen LogP contribution in [0.2, 0.25) is 0 Å². The van der Waals surface area contributed by atoms with Gasteiger partial charge in [0.15, 0.2) is 0 Å². The molecule has 0 bridgehead atoms. The van der Waals surface area contributed by atoms with E-state index in [0.29, 0.717) is 0 Å². The van der Waals surface area contributed by atoms with E-state index in [9.17, 15) is 10.1 Å². The fraction of sp³-hybridized carbons (Fsp3) is 0.133. The van der Waals surface area contributed by atoms with Gasteiger partial charge in [0, 0.05) is 26.8 Å². The highest BCUT2D eigenvalue weighted by atomic mass is 32.1. The van der Waals surface area contributed by atoms with Crippen molar-refractivity contribution in [3.05, 3.63) is 108 Å². The van der Waals surface area contributed by atoms with Crippen molar-refractivity contribution in [1.82, 2.24) is 0 Å². The maximum atomic E-state index is 12.3. The lowest BCUT2D eigenvalue weighted by Crippen LogP contribution is -2.24.